The second-order valence-corrected chi connectivity index (χ2v) is 7.86. The van der Waals surface area contributed by atoms with Crippen molar-refractivity contribution in [2.24, 2.45) is 17.8 Å². The van der Waals surface area contributed by atoms with Gasteiger partial charge in [-0.3, -0.25) is 4.90 Å². The molecule has 4 aliphatic carbocycles. The van der Waals surface area contributed by atoms with Crippen molar-refractivity contribution in [3.63, 3.8) is 0 Å². The number of benzene rings is 1. The van der Waals surface area contributed by atoms with Gasteiger partial charge in [0.1, 0.15) is 5.82 Å². The minimum Gasteiger partial charge on any atom is -0.296 e. The fourth-order valence-corrected chi connectivity index (χ4v) is 5.68. The summed E-state index contributed by atoms with van der Waals surface area (Å²) < 4.78 is 40.8. The van der Waals surface area contributed by atoms with Crippen LogP contribution in [0, 0.1) is 35.2 Å². The molecule has 4 bridgehead atoms. The molecule has 0 N–H and O–H groups in total. The van der Waals surface area contributed by atoms with Crippen LogP contribution in [0.3, 0.4) is 0 Å². The molecule has 4 fully saturated rings. The van der Waals surface area contributed by atoms with E-state index in [2.05, 4.69) is 4.90 Å². The largest absolute Gasteiger partial charge is 0.296 e. The van der Waals surface area contributed by atoms with Crippen molar-refractivity contribution in [3.8, 4) is 0 Å². The van der Waals surface area contributed by atoms with E-state index in [1.165, 1.54) is 19.3 Å². The monoisotopic (exact) mass is 309 g/mol. The average molecular weight is 309 g/mol. The highest BCUT2D eigenvalue weighted by molar-refractivity contribution is 5.21. The van der Waals surface area contributed by atoms with Crippen LogP contribution in [-0.4, -0.2) is 17.5 Å². The number of nitrogens with zero attached hydrogens (tertiary/aromatic N) is 1. The first kappa shape index (κ1) is 14.6. The van der Waals surface area contributed by atoms with Gasteiger partial charge in [0.05, 0.1) is 0 Å². The Hall–Kier alpha value is -1.03. The summed E-state index contributed by atoms with van der Waals surface area (Å²) in [5.74, 6) is -0.312. The molecule has 0 heterocycles. The summed E-state index contributed by atoms with van der Waals surface area (Å²) in [6.07, 6.45) is 7.51. The molecule has 22 heavy (non-hydrogen) atoms. The Kier molecular flexibility index (Phi) is 3.30. The van der Waals surface area contributed by atoms with E-state index in [0.717, 1.165) is 43.1 Å². The summed E-state index contributed by atoms with van der Waals surface area (Å²) in [6.45, 7) is 0.284. The predicted molar refractivity (Wildman–Crippen MR) is 78.7 cm³/mol. The molecule has 0 unspecified atom stereocenters. The van der Waals surface area contributed by atoms with Crippen LogP contribution in [0.15, 0.2) is 12.1 Å². The normalized spacial score (nSPS) is 36.3. The van der Waals surface area contributed by atoms with E-state index in [1.807, 2.05) is 7.05 Å². The highest BCUT2D eigenvalue weighted by atomic mass is 19.2. The molecule has 4 aliphatic rings. The maximum Gasteiger partial charge on any atom is 0.163 e. The first-order chi connectivity index (χ1) is 10.4. The maximum atomic E-state index is 13.9. The van der Waals surface area contributed by atoms with Crippen molar-refractivity contribution in [1.29, 1.82) is 0 Å². The maximum absolute atomic E-state index is 13.9. The second kappa shape index (κ2) is 4.98. The Labute approximate surface area is 129 Å². The summed E-state index contributed by atoms with van der Waals surface area (Å²) >= 11 is 0. The number of hydrogen-bond donors (Lipinski definition) is 0. The summed E-state index contributed by atoms with van der Waals surface area (Å²) in [7, 11) is 2.00. The quantitative estimate of drug-likeness (QED) is 0.743. The predicted octanol–water partition coefficient (Wildman–Crippen LogP) is 4.50. The average Bonchev–Trinajstić information content (AvgIpc) is 2.42. The van der Waals surface area contributed by atoms with E-state index in [0.29, 0.717) is 6.07 Å². The molecule has 5 rings (SSSR count). The van der Waals surface area contributed by atoms with Crippen molar-refractivity contribution < 1.29 is 13.2 Å². The minimum absolute atomic E-state index is 0.115. The molecule has 0 atom stereocenters. The van der Waals surface area contributed by atoms with Crippen LogP contribution in [0.25, 0.3) is 0 Å². The lowest BCUT2D eigenvalue weighted by atomic mass is 9.52. The molecule has 0 aromatic heterocycles. The zero-order valence-corrected chi connectivity index (χ0v) is 12.9. The van der Waals surface area contributed by atoms with E-state index in [4.69, 9.17) is 0 Å². The summed E-state index contributed by atoms with van der Waals surface area (Å²) in [5, 5.41) is 0. The first-order valence-electron chi connectivity index (χ1n) is 8.30. The zero-order valence-electron chi connectivity index (χ0n) is 12.9. The highest BCUT2D eigenvalue weighted by Gasteiger charge is 2.52. The van der Waals surface area contributed by atoms with Gasteiger partial charge in [-0.05, 0) is 69.4 Å². The molecule has 1 aromatic rings. The Morgan fingerprint density at radius 2 is 1.55 bits per heavy atom. The van der Waals surface area contributed by atoms with E-state index in [9.17, 15) is 13.2 Å². The fraction of sp³-hybridized carbons (Fsp3) is 0.667. The molecule has 0 spiro atoms. The van der Waals surface area contributed by atoms with Crippen LogP contribution in [0.2, 0.25) is 0 Å². The lowest BCUT2D eigenvalue weighted by Gasteiger charge is -2.60. The van der Waals surface area contributed by atoms with Crippen molar-refractivity contribution in [1.82, 2.24) is 4.90 Å². The fourth-order valence-electron chi connectivity index (χ4n) is 5.68. The molecular formula is C18H22F3N. The SMILES string of the molecule is CN(Cc1cc(F)cc(F)c1F)C12CC3CC(CC(C3)C1)C2. The summed E-state index contributed by atoms with van der Waals surface area (Å²) in [6, 6.07) is 1.75. The minimum atomic E-state index is -1.09. The molecule has 1 nitrogen and oxygen atoms in total. The van der Waals surface area contributed by atoms with E-state index >= 15 is 0 Å². The van der Waals surface area contributed by atoms with Crippen LogP contribution in [0.1, 0.15) is 44.1 Å². The standard InChI is InChI=1S/C18H22F3N/c1-22(10-14-5-15(19)6-16(20)17(14)21)18-7-11-2-12(8-18)4-13(3-11)9-18/h5-6,11-13H,2-4,7-10H2,1H3. The van der Waals surface area contributed by atoms with Crippen molar-refractivity contribution in [2.45, 2.75) is 50.6 Å². The van der Waals surface area contributed by atoms with Gasteiger partial charge in [0, 0.05) is 23.7 Å². The second-order valence-electron chi connectivity index (χ2n) is 7.86. The molecule has 4 saturated carbocycles. The van der Waals surface area contributed by atoms with Gasteiger partial charge >= 0.3 is 0 Å². The molecule has 4 heteroatoms. The molecular weight excluding hydrogens is 287 g/mol. The van der Waals surface area contributed by atoms with Gasteiger partial charge in [-0.1, -0.05) is 0 Å². The Balaban J connectivity index is 1.59. The molecule has 120 valence electrons. The molecule has 1 aromatic carbocycles. The van der Waals surface area contributed by atoms with Gasteiger partial charge in [0.15, 0.2) is 11.6 Å². The summed E-state index contributed by atoms with van der Waals surface area (Å²) in [4.78, 5) is 2.18. The lowest BCUT2D eigenvalue weighted by Crippen LogP contribution is -2.58. The number of hydrogen-bond acceptors (Lipinski definition) is 1. The van der Waals surface area contributed by atoms with Crippen molar-refractivity contribution >= 4 is 0 Å². The van der Waals surface area contributed by atoms with Crippen LogP contribution in [-0.2, 0) is 6.54 Å². The molecule has 0 radical (unpaired) electrons. The van der Waals surface area contributed by atoms with E-state index in [-0.39, 0.29) is 17.6 Å². The Morgan fingerprint density at radius 3 is 2.09 bits per heavy atom. The van der Waals surface area contributed by atoms with Crippen LogP contribution >= 0.6 is 0 Å². The van der Waals surface area contributed by atoms with Crippen LogP contribution in [0.5, 0.6) is 0 Å². The number of halogens is 3. The lowest BCUT2D eigenvalue weighted by molar-refractivity contribution is -0.0825. The Morgan fingerprint density at radius 1 is 1.00 bits per heavy atom. The summed E-state index contributed by atoms with van der Waals surface area (Å²) in [5.41, 5.74) is 0.250. The van der Waals surface area contributed by atoms with Crippen LogP contribution in [0.4, 0.5) is 13.2 Å². The topological polar surface area (TPSA) is 3.24 Å². The van der Waals surface area contributed by atoms with Gasteiger partial charge < -0.3 is 0 Å². The van der Waals surface area contributed by atoms with Gasteiger partial charge in [-0.25, -0.2) is 13.2 Å². The van der Waals surface area contributed by atoms with Crippen molar-refractivity contribution in [2.75, 3.05) is 7.05 Å². The molecule has 0 aliphatic heterocycles. The third-order valence-corrected chi connectivity index (χ3v) is 6.29. The van der Waals surface area contributed by atoms with Gasteiger partial charge in [0.2, 0.25) is 0 Å². The molecule has 0 amide bonds. The number of rotatable bonds is 3. The first-order valence-corrected chi connectivity index (χ1v) is 8.30. The zero-order chi connectivity index (χ0) is 15.5. The highest BCUT2D eigenvalue weighted by Crippen LogP contribution is 2.57. The van der Waals surface area contributed by atoms with Crippen molar-refractivity contribution in [3.05, 3.63) is 35.1 Å². The Bertz CT molecular complexity index is 563. The van der Waals surface area contributed by atoms with Gasteiger partial charge in [-0.15, -0.1) is 0 Å². The third kappa shape index (κ3) is 2.27. The van der Waals surface area contributed by atoms with Crippen LogP contribution < -0.4 is 0 Å². The molecule has 0 saturated heterocycles. The smallest absolute Gasteiger partial charge is 0.163 e. The van der Waals surface area contributed by atoms with Gasteiger partial charge in [-0.2, -0.15) is 0 Å². The van der Waals surface area contributed by atoms with Gasteiger partial charge in [0.25, 0.3) is 0 Å². The van der Waals surface area contributed by atoms with E-state index < -0.39 is 17.5 Å². The van der Waals surface area contributed by atoms with E-state index in [1.54, 1.807) is 0 Å². The third-order valence-electron chi connectivity index (χ3n) is 6.29.